The number of fused-ring (bicyclic) bond motifs is 1. The van der Waals surface area contributed by atoms with Gasteiger partial charge in [0, 0.05) is 37.0 Å². The molecule has 102 valence electrons. The molecule has 2 rings (SSSR count). The maximum absolute atomic E-state index is 11.0. The highest BCUT2D eigenvalue weighted by molar-refractivity contribution is 6.35. The normalized spacial score (nSPS) is 12.4. The highest BCUT2D eigenvalue weighted by atomic mass is 35.5. The number of halogens is 1. The predicted molar refractivity (Wildman–Crippen MR) is 77.0 cm³/mol. The summed E-state index contributed by atoms with van der Waals surface area (Å²) >= 11 is 6.21. The number of amides is 1. The number of nitrogens with one attached hydrogen (secondary N) is 2. The van der Waals surface area contributed by atoms with E-state index >= 15 is 0 Å². The molecule has 0 aliphatic carbocycles. The van der Waals surface area contributed by atoms with Crippen LogP contribution in [0.4, 0.5) is 0 Å². The van der Waals surface area contributed by atoms with Gasteiger partial charge in [0.15, 0.2) is 0 Å². The van der Waals surface area contributed by atoms with Gasteiger partial charge in [0.05, 0.1) is 17.6 Å². The number of ether oxygens (including phenoxy) is 1. The number of rotatable bonds is 4. The summed E-state index contributed by atoms with van der Waals surface area (Å²) in [6.07, 6.45) is 1.93. The molecule has 1 aromatic carbocycles. The van der Waals surface area contributed by atoms with E-state index in [0.29, 0.717) is 11.6 Å². The van der Waals surface area contributed by atoms with Crippen LogP contribution in [0, 0.1) is 0 Å². The molecule has 4 nitrogen and oxygen atoms in total. The zero-order chi connectivity index (χ0) is 14.0. The Kier molecular flexibility index (Phi) is 4.00. The van der Waals surface area contributed by atoms with Gasteiger partial charge < -0.3 is 15.0 Å². The van der Waals surface area contributed by atoms with Crippen molar-refractivity contribution in [1.82, 2.24) is 10.3 Å². The lowest BCUT2D eigenvalue weighted by atomic mass is 10.0. The fraction of sp³-hybridized carbons (Fsp3) is 0.357. The number of carbonyl (C=O) groups is 1. The molecule has 0 fully saturated rings. The quantitative estimate of drug-likeness (QED) is 0.904. The molecule has 2 aromatic rings. The Labute approximate surface area is 117 Å². The van der Waals surface area contributed by atoms with Crippen LogP contribution in [0.3, 0.4) is 0 Å². The van der Waals surface area contributed by atoms with Crippen molar-refractivity contribution in [2.75, 3.05) is 13.7 Å². The van der Waals surface area contributed by atoms with Crippen LogP contribution >= 0.6 is 11.6 Å². The molecular formula is C14H17ClN2O2. The highest BCUT2D eigenvalue weighted by Gasteiger charge is 2.14. The molecule has 0 saturated heterocycles. The van der Waals surface area contributed by atoms with Crippen molar-refractivity contribution < 1.29 is 9.53 Å². The molecule has 1 atom stereocenters. The molecule has 2 N–H and O–H groups in total. The van der Waals surface area contributed by atoms with Gasteiger partial charge in [0.25, 0.3) is 0 Å². The van der Waals surface area contributed by atoms with Gasteiger partial charge in [-0.15, -0.1) is 0 Å². The van der Waals surface area contributed by atoms with Crippen molar-refractivity contribution in [3.05, 3.63) is 28.9 Å². The van der Waals surface area contributed by atoms with Gasteiger partial charge in [-0.05, 0) is 11.6 Å². The predicted octanol–water partition coefficient (Wildman–Crippen LogP) is 3.07. The number of H-pyrrole nitrogens is 1. The number of benzene rings is 1. The van der Waals surface area contributed by atoms with Crippen LogP contribution in [-0.4, -0.2) is 24.5 Å². The summed E-state index contributed by atoms with van der Waals surface area (Å²) in [6.45, 7) is 4.17. The van der Waals surface area contributed by atoms with Crippen LogP contribution in [0.15, 0.2) is 18.3 Å². The molecule has 1 amide bonds. The van der Waals surface area contributed by atoms with Crippen LogP contribution in [0.1, 0.15) is 25.3 Å². The van der Waals surface area contributed by atoms with Crippen molar-refractivity contribution in [3.8, 4) is 5.75 Å². The number of hydrogen-bond acceptors (Lipinski definition) is 2. The Hall–Kier alpha value is -1.68. The zero-order valence-electron chi connectivity index (χ0n) is 11.2. The first-order chi connectivity index (χ1) is 9.02. The van der Waals surface area contributed by atoms with Crippen molar-refractivity contribution in [3.63, 3.8) is 0 Å². The number of aromatic amines is 1. The van der Waals surface area contributed by atoms with E-state index in [-0.39, 0.29) is 11.8 Å². The minimum atomic E-state index is -0.0256. The van der Waals surface area contributed by atoms with Crippen molar-refractivity contribution in [2.24, 2.45) is 0 Å². The summed E-state index contributed by atoms with van der Waals surface area (Å²) in [4.78, 5) is 14.2. The molecule has 5 heteroatoms. The van der Waals surface area contributed by atoms with E-state index in [2.05, 4.69) is 17.2 Å². The molecule has 0 bridgehead atoms. The number of hydrogen-bond donors (Lipinski definition) is 2. The maximum atomic E-state index is 11.0. The third kappa shape index (κ3) is 2.84. The van der Waals surface area contributed by atoms with E-state index in [9.17, 15) is 4.79 Å². The molecule has 0 radical (unpaired) electrons. The molecule has 1 unspecified atom stereocenters. The van der Waals surface area contributed by atoms with Crippen LogP contribution < -0.4 is 10.1 Å². The first kappa shape index (κ1) is 13.7. The molecule has 0 aliphatic rings. The summed E-state index contributed by atoms with van der Waals surface area (Å²) < 4.78 is 5.24. The lowest BCUT2D eigenvalue weighted by molar-refractivity contribution is -0.119. The highest BCUT2D eigenvalue weighted by Crippen LogP contribution is 2.33. The van der Waals surface area contributed by atoms with Crippen molar-refractivity contribution in [1.29, 1.82) is 0 Å². The summed E-state index contributed by atoms with van der Waals surface area (Å²) in [7, 11) is 1.62. The van der Waals surface area contributed by atoms with E-state index < -0.39 is 0 Å². The molecule has 1 aromatic heterocycles. The maximum Gasteiger partial charge on any atom is 0.216 e. The summed E-state index contributed by atoms with van der Waals surface area (Å²) in [5.41, 5.74) is 2.01. The number of carbonyl (C=O) groups excluding carboxylic acids is 1. The minimum absolute atomic E-state index is 0.0256. The Balaban J connectivity index is 2.38. The first-order valence-electron chi connectivity index (χ1n) is 6.12. The van der Waals surface area contributed by atoms with Crippen molar-refractivity contribution in [2.45, 2.75) is 19.8 Å². The molecular weight excluding hydrogens is 264 g/mol. The molecule has 0 spiro atoms. The van der Waals surface area contributed by atoms with Gasteiger partial charge in [-0.2, -0.15) is 0 Å². The van der Waals surface area contributed by atoms with Gasteiger partial charge in [0.1, 0.15) is 5.75 Å². The topological polar surface area (TPSA) is 54.1 Å². The second-order valence-corrected chi connectivity index (χ2v) is 5.02. The molecule has 1 heterocycles. The monoisotopic (exact) mass is 280 g/mol. The average molecular weight is 281 g/mol. The van der Waals surface area contributed by atoms with Gasteiger partial charge in [-0.3, -0.25) is 4.79 Å². The third-order valence-electron chi connectivity index (χ3n) is 3.17. The summed E-state index contributed by atoms with van der Waals surface area (Å²) in [5, 5.41) is 4.49. The lowest BCUT2D eigenvalue weighted by Crippen LogP contribution is -2.24. The largest absolute Gasteiger partial charge is 0.497 e. The third-order valence-corrected chi connectivity index (χ3v) is 3.47. The smallest absolute Gasteiger partial charge is 0.216 e. The van der Waals surface area contributed by atoms with Crippen molar-refractivity contribution >= 4 is 28.4 Å². The van der Waals surface area contributed by atoms with Crippen LogP contribution in [0.5, 0.6) is 5.75 Å². The SMILES string of the molecule is COc1cc(Cl)c2[nH]cc(C(C)CNC(C)=O)c2c1. The van der Waals surface area contributed by atoms with E-state index in [0.717, 1.165) is 22.2 Å². The Morgan fingerprint density at radius 3 is 2.89 bits per heavy atom. The first-order valence-corrected chi connectivity index (χ1v) is 6.49. The second-order valence-electron chi connectivity index (χ2n) is 4.61. The lowest BCUT2D eigenvalue weighted by Gasteiger charge is -2.11. The Morgan fingerprint density at radius 1 is 1.53 bits per heavy atom. The van der Waals surface area contributed by atoms with E-state index in [1.165, 1.54) is 6.92 Å². The Morgan fingerprint density at radius 2 is 2.26 bits per heavy atom. The van der Waals surface area contributed by atoms with Gasteiger partial charge >= 0.3 is 0 Å². The van der Waals surface area contributed by atoms with E-state index in [4.69, 9.17) is 16.3 Å². The average Bonchev–Trinajstić information content (AvgIpc) is 2.80. The molecule has 0 aliphatic heterocycles. The number of methoxy groups -OCH3 is 1. The zero-order valence-corrected chi connectivity index (χ0v) is 12.0. The van der Waals surface area contributed by atoms with E-state index in [1.54, 1.807) is 13.2 Å². The summed E-state index contributed by atoms with van der Waals surface area (Å²) in [6, 6.07) is 3.74. The van der Waals surface area contributed by atoms with E-state index in [1.807, 2.05) is 12.3 Å². The van der Waals surface area contributed by atoms with Gasteiger partial charge in [0.2, 0.25) is 5.91 Å². The fourth-order valence-electron chi connectivity index (χ4n) is 2.12. The number of aromatic nitrogens is 1. The fourth-order valence-corrected chi connectivity index (χ4v) is 2.38. The summed E-state index contributed by atoms with van der Waals surface area (Å²) in [5.74, 6) is 0.896. The second kappa shape index (κ2) is 5.53. The van der Waals surface area contributed by atoms with Crippen LogP contribution in [0.2, 0.25) is 5.02 Å². The Bertz CT molecular complexity index is 607. The molecule has 0 saturated carbocycles. The van der Waals surface area contributed by atoms with Crippen LogP contribution in [-0.2, 0) is 4.79 Å². The van der Waals surface area contributed by atoms with Gasteiger partial charge in [-0.25, -0.2) is 0 Å². The molecule has 19 heavy (non-hydrogen) atoms. The van der Waals surface area contributed by atoms with Crippen LogP contribution in [0.25, 0.3) is 10.9 Å². The standard InChI is InChI=1S/C14H17ClN2O2/c1-8(6-16-9(2)18)12-7-17-14-11(12)4-10(19-3)5-13(14)15/h4-5,7-8,17H,6H2,1-3H3,(H,16,18). The minimum Gasteiger partial charge on any atom is -0.497 e. The van der Waals surface area contributed by atoms with Gasteiger partial charge in [-0.1, -0.05) is 18.5 Å².